The number of hydrogen-bond acceptors (Lipinski definition) is 6. The first-order valence-corrected chi connectivity index (χ1v) is 8.87. The second-order valence-electron chi connectivity index (χ2n) is 6.23. The van der Waals surface area contributed by atoms with Crippen LogP contribution in [0.25, 0.3) is 0 Å². The maximum absolute atomic E-state index is 12.5. The molecule has 2 N–H and O–H groups in total. The van der Waals surface area contributed by atoms with Gasteiger partial charge in [0.2, 0.25) is 11.7 Å². The predicted octanol–water partition coefficient (Wildman–Crippen LogP) is 3.31. The summed E-state index contributed by atoms with van der Waals surface area (Å²) in [6.07, 6.45) is -0.258. The van der Waals surface area contributed by atoms with Crippen molar-refractivity contribution in [2.75, 3.05) is 33.8 Å². The third kappa shape index (κ3) is 5.78. The van der Waals surface area contributed by atoms with E-state index in [2.05, 4.69) is 5.32 Å². The summed E-state index contributed by atoms with van der Waals surface area (Å²) in [5.41, 5.74) is 1.20. The van der Waals surface area contributed by atoms with Crippen LogP contribution in [-0.2, 0) is 9.59 Å². The zero-order valence-corrected chi connectivity index (χ0v) is 16.9. The average molecular weight is 403 g/mol. The summed E-state index contributed by atoms with van der Waals surface area (Å²) in [5, 5.41) is 12.1. The molecule has 29 heavy (non-hydrogen) atoms. The maximum Gasteiger partial charge on any atom is 0.303 e. The molecular weight excluding hydrogens is 378 g/mol. The molecule has 156 valence electrons. The van der Waals surface area contributed by atoms with Crippen LogP contribution in [0.15, 0.2) is 36.4 Å². The van der Waals surface area contributed by atoms with Gasteiger partial charge in [-0.3, -0.25) is 9.59 Å². The van der Waals surface area contributed by atoms with E-state index < -0.39 is 11.9 Å². The van der Waals surface area contributed by atoms with E-state index >= 15 is 0 Å². The number of carboxylic acid groups (broad SMARTS) is 1. The largest absolute Gasteiger partial charge is 0.497 e. The van der Waals surface area contributed by atoms with Crippen LogP contribution in [0.1, 0.15) is 24.3 Å². The molecule has 0 aliphatic heterocycles. The monoisotopic (exact) mass is 403 g/mol. The fourth-order valence-corrected chi connectivity index (χ4v) is 2.97. The molecule has 1 amide bonds. The first-order valence-electron chi connectivity index (χ1n) is 8.87. The Hall–Kier alpha value is -3.42. The van der Waals surface area contributed by atoms with Crippen LogP contribution in [0.3, 0.4) is 0 Å². The van der Waals surface area contributed by atoms with Gasteiger partial charge in [-0.05, 0) is 42.0 Å². The second kappa shape index (κ2) is 10.2. The number of aliphatic carboxylic acids is 1. The Morgan fingerprint density at radius 3 is 1.93 bits per heavy atom. The van der Waals surface area contributed by atoms with E-state index in [0.717, 1.165) is 0 Å². The van der Waals surface area contributed by atoms with Gasteiger partial charge >= 0.3 is 5.97 Å². The minimum atomic E-state index is -1.01. The van der Waals surface area contributed by atoms with E-state index in [0.29, 0.717) is 34.2 Å². The summed E-state index contributed by atoms with van der Waals surface area (Å²) in [6, 6.07) is 10.2. The molecule has 0 aliphatic carbocycles. The van der Waals surface area contributed by atoms with Gasteiger partial charge in [0.1, 0.15) is 5.75 Å². The van der Waals surface area contributed by atoms with Gasteiger partial charge in [0.15, 0.2) is 11.5 Å². The molecule has 2 aromatic rings. The van der Waals surface area contributed by atoms with Crippen molar-refractivity contribution in [3.8, 4) is 23.0 Å². The molecular formula is C21H25NO7. The van der Waals surface area contributed by atoms with Gasteiger partial charge in [0, 0.05) is 18.0 Å². The molecule has 2 rings (SSSR count). The molecule has 0 spiro atoms. The minimum Gasteiger partial charge on any atom is -0.497 e. The fraction of sp³-hybridized carbons (Fsp3) is 0.333. The Bertz CT molecular complexity index is 824. The Labute approximate surface area is 169 Å². The normalized spacial score (nSPS) is 11.3. The van der Waals surface area contributed by atoms with Gasteiger partial charge in [-0.1, -0.05) is 0 Å². The lowest BCUT2D eigenvalue weighted by Crippen LogP contribution is -2.18. The molecule has 0 bridgehead atoms. The van der Waals surface area contributed by atoms with Crippen LogP contribution in [0, 0.1) is 0 Å². The van der Waals surface area contributed by atoms with Gasteiger partial charge in [0.25, 0.3) is 0 Å². The molecule has 0 aliphatic rings. The number of rotatable bonds is 10. The van der Waals surface area contributed by atoms with Crippen LogP contribution < -0.4 is 24.3 Å². The topological polar surface area (TPSA) is 103 Å². The highest BCUT2D eigenvalue weighted by Gasteiger charge is 2.23. The number of carbonyl (C=O) groups is 2. The number of hydrogen-bond donors (Lipinski definition) is 2. The SMILES string of the molecule is COc1ccc(NC(=O)C[C@H](CC(=O)O)c2cc(OC)c(OC)c(OC)c2)cc1. The Kier molecular flexibility index (Phi) is 7.70. The number of nitrogens with one attached hydrogen (secondary N) is 1. The lowest BCUT2D eigenvalue weighted by atomic mass is 9.91. The Morgan fingerprint density at radius 2 is 1.48 bits per heavy atom. The number of methoxy groups -OCH3 is 4. The molecule has 2 aromatic carbocycles. The number of amides is 1. The molecule has 0 heterocycles. The van der Waals surface area contributed by atoms with Gasteiger partial charge in [-0.15, -0.1) is 0 Å². The standard InChI is InChI=1S/C21H25NO7/c1-26-16-7-5-15(6-8-16)22-19(23)11-14(12-20(24)25)13-9-17(27-2)21(29-4)18(10-13)28-3/h5-10,14H,11-12H2,1-4H3,(H,22,23)(H,24,25)/t14-/m1/s1. The third-order valence-corrected chi connectivity index (χ3v) is 4.39. The number of ether oxygens (including phenoxy) is 4. The highest BCUT2D eigenvalue weighted by molar-refractivity contribution is 5.91. The third-order valence-electron chi connectivity index (χ3n) is 4.39. The van der Waals surface area contributed by atoms with Crippen molar-refractivity contribution in [1.82, 2.24) is 0 Å². The first-order chi connectivity index (χ1) is 13.9. The summed E-state index contributed by atoms with van der Waals surface area (Å²) in [4.78, 5) is 23.9. The van der Waals surface area contributed by atoms with Crippen molar-refractivity contribution in [3.63, 3.8) is 0 Å². The van der Waals surface area contributed by atoms with Crippen molar-refractivity contribution in [1.29, 1.82) is 0 Å². The summed E-state index contributed by atoms with van der Waals surface area (Å²) < 4.78 is 21.1. The second-order valence-corrected chi connectivity index (χ2v) is 6.23. The average Bonchev–Trinajstić information content (AvgIpc) is 2.72. The van der Waals surface area contributed by atoms with Crippen LogP contribution >= 0.6 is 0 Å². The van der Waals surface area contributed by atoms with Crippen molar-refractivity contribution in [2.24, 2.45) is 0 Å². The van der Waals surface area contributed by atoms with Crippen molar-refractivity contribution < 1.29 is 33.6 Å². The minimum absolute atomic E-state index is 0.0308. The van der Waals surface area contributed by atoms with Gasteiger partial charge in [-0.2, -0.15) is 0 Å². The molecule has 0 fully saturated rings. The molecule has 0 aromatic heterocycles. The van der Waals surface area contributed by atoms with E-state index in [1.54, 1.807) is 43.5 Å². The van der Waals surface area contributed by atoms with E-state index in [1.165, 1.54) is 21.3 Å². The van der Waals surface area contributed by atoms with Crippen LogP contribution in [0.5, 0.6) is 23.0 Å². The molecule has 0 unspecified atom stereocenters. The van der Waals surface area contributed by atoms with E-state index in [1.807, 2.05) is 0 Å². The van der Waals surface area contributed by atoms with E-state index in [-0.39, 0.29) is 18.7 Å². The van der Waals surface area contributed by atoms with Gasteiger partial charge < -0.3 is 29.4 Å². The molecule has 0 saturated heterocycles. The molecule has 0 saturated carbocycles. The summed E-state index contributed by atoms with van der Waals surface area (Å²) >= 11 is 0. The Morgan fingerprint density at radius 1 is 0.897 bits per heavy atom. The van der Waals surface area contributed by atoms with Crippen molar-refractivity contribution in [3.05, 3.63) is 42.0 Å². The lowest BCUT2D eigenvalue weighted by Gasteiger charge is -2.19. The van der Waals surface area contributed by atoms with E-state index in [4.69, 9.17) is 18.9 Å². The van der Waals surface area contributed by atoms with Gasteiger partial charge in [0.05, 0.1) is 34.9 Å². The summed E-state index contributed by atoms with van der Waals surface area (Å²) in [5.74, 6) is -0.0455. The highest BCUT2D eigenvalue weighted by atomic mass is 16.5. The smallest absolute Gasteiger partial charge is 0.303 e. The number of benzene rings is 2. The van der Waals surface area contributed by atoms with E-state index in [9.17, 15) is 14.7 Å². The quantitative estimate of drug-likeness (QED) is 0.627. The predicted molar refractivity (Wildman–Crippen MR) is 107 cm³/mol. The molecule has 8 nitrogen and oxygen atoms in total. The number of anilines is 1. The summed E-state index contributed by atoms with van der Waals surface area (Å²) in [7, 11) is 5.99. The van der Waals surface area contributed by atoms with Crippen molar-refractivity contribution >= 4 is 17.6 Å². The van der Waals surface area contributed by atoms with Crippen molar-refractivity contribution in [2.45, 2.75) is 18.8 Å². The zero-order valence-electron chi connectivity index (χ0n) is 16.9. The maximum atomic E-state index is 12.5. The highest BCUT2D eigenvalue weighted by Crippen LogP contribution is 2.41. The summed E-state index contributed by atoms with van der Waals surface area (Å²) in [6.45, 7) is 0. The molecule has 1 atom stereocenters. The first kappa shape index (κ1) is 21.9. The fourth-order valence-electron chi connectivity index (χ4n) is 2.97. The zero-order chi connectivity index (χ0) is 21.4. The Balaban J connectivity index is 2.26. The lowest BCUT2D eigenvalue weighted by molar-refractivity contribution is -0.137. The van der Waals surface area contributed by atoms with Crippen LogP contribution in [0.2, 0.25) is 0 Å². The molecule has 0 radical (unpaired) electrons. The van der Waals surface area contributed by atoms with Crippen LogP contribution in [0.4, 0.5) is 5.69 Å². The number of carbonyl (C=O) groups excluding carboxylic acids is 1. The van der Waals surface area contributed by atoms with Gasteiger partial charge in [-0.25, -0.2) is 0 Å². The van der Waals surface area contributed by atoms with Crippen LogP contribution in [-0.4, -0.2) is 45.4 Å². The number of carboxylic acids is 1. The molecule has 8 heteroatoms.